The molecule has 1 radical (unpaired) electrons. The first kappa shape index (κ1) is 5.43. The van der Waals surface area contributed by atoms with E-state index in [0.29, 0.717) is 6.41 Å². The number of amides is 1. The lowest BCUT2D eigenvalue weighted by atomic mass is 10.7. The zero-order valence-electron chi connectivity index (χ0n) is 3.46. The molecule has 0 aliphatic carbocycles. The minimum atomic E-state index is -0.845. The van der Waals surface area contributed by atoms with Gasteiger partial charge in [-0.2, -0.15) is 0 Å². The van der Waals surface area contributed by atoms with Gasteiger partial charge in [-0.3, -0.25) is 4.79 Å². The van der Waals surface area contributed by atoms with Gasteiger partial charge in [-0.25, -0.2) is 5.32 Å². The summed E-state index contributed by atoms with van der Waals surface area (Å²) < 4.78 is 0. The Morgan fingerprint density at radius 2 is 2.50 bits per heavy atom. The first-order valence-electron chi connectivity index (χ1n) is 1.59. The maximum absolute atomic E-state index is 9.29. The van der Waals surface area contributed by atoms with Crippen molar-refractivity contribution in [1.29, 1.82) is 0 Å². The summed E-state index contributed by atoms with van der Waals surface area (Å²) in [5.41, 5.74) is 0. The van der Waals surface area contributed by atoms with Gasteiger partial charge in [0.05, 0.1) is 0 Å². The van der Waals surface area contributed by atoms with Gasteiger partial charge in [-0.15, -0.1) is 0 Å². The standard InChI is InChI=1S/C3H6NO2/c1-3(6)4-2-5/h2-3,6H,1H3. The molecule has 0 aliphatic rings. The van der Waals surface area contributed by atoms with Gasteiger partial charge < -0.3 is 5.11 Å². The number of nitrogens with zero attached hydrogens (tertiary/aromatic N) is 1. The van der Waals surface area contributed by atoms with Crippen molar-refractivity contribution in [3.63, 3.8) is 0 Å². The smallest absolute Gasteiger partial charge is 0.230 e. The first-order chi connectivity index (χ1) is 2.77. The number of hydrogen-bond acceptors (Lipinski definition) is 2. The maximum atomic E-state index is 9.29. The number of carbonyl (C=O) groups is 1. The molecule has 0 aromatic rings. The van der Waals surface area contributed by atoms with E-state index >= 15 is 0 Å². The molecule has 0 fully saturated rings. The molecule has 1 unspecified atom stereocenters. The molecule has 0 bridgehead atoms. The van der Waals surface area contributed by atoms with Crippen LogP contribution >= 0.6 is 0 Å². The van der Waals surface area contributed by atoms with Crippen molar-refractivity contribution in [3.8, 4) is 0 Å². The lowest BCUT2D eigenvalue weighted by molar-refractivity contribution is -0.112. The van der Waals surface area contributed by atoms with Gasteiger partial charge in [-0.1, -0.05) is 0 Å². The molecular formula is C3H6NO2. The third-order valence-corrected chi connectivity index (χ3v) is 0.277. The molecule has 1 N–H and O–H groups in total. The summed E-state index contributed by atoms with van der Waals surface area (Å²) in [4.78, 5) is 9.29. The number of rotatable bonds is 2. The van der Waals surface area contributed by atoms with Crippen molar-refractivity contribution in [2.45, 2.75) is 13.2 Å². The normalized spacial score (nSPS) is 13.0. The predicted octanol–water partition coefficient (Wildman–Crippen LogP) is -0.915. The van der Waals surface area contributed by atoms with Crippen LogP contribution in [0.15, 0.2) is 0 Å². The van der Waals surface area contributed by atoms with Crippen molar-refractivity contribution in [1.82, 2.24) is 5.32 Å². The second-order valence-corrected chi connectivity index (χ2v) is 0.886. The van der Waals surface area contributed by atoms with Crippen LogP contribution < -0.4 is 5.32 Å². The monoisotopic (exact) mass is 88.0 g/mol. The van der Waals surface area contributed by atoms with Gasteiger partial charge in [0.1, 0.15) is 6.23 Å². The highest BCUT2D eigenvalue weighted by Gasteiger charge is 1.86. The molecule has 0 heterocycles. The molecule has 1 atom stereocenters. The molecule has 35 valence electrons. The third-order valence-electron chi connectivity index (χ3n) is 0.277. The fourth-order valence-corrected chi connectivity index (χ4v) is 0.0881. The lowest BCUT2D eigenvalue weighted by Crippen LogP contribution is -2.14. The van der Waals surface area contributed by atoms with Gasteiger partial charge in [0, 0.05) is 0 Å². The average molecular weight is 88.1 g/mol. The van der Waals surface area contributed by atoms with Crippen LogP contribution in [0, 0.1) is 0 Å². The lowest BCUT2D eigenvalue weighted by Gasteiger charge is -1.91. The summed E-state index contributed by atoms with van der Waals surface area (Å²) in [7, 11) is 0. The second-order valence-electron chi connectivity index (χ2n) is 0.886. The third kappa shape index (κ3) is 3.43. The Bertz CT molecular complexity index is 44.1. The highest BCUT2D eigenvalue weighted by molar-refractivity contribution is 5.45. The van der Waals surface area contributed by atoms with Crippen LogP contribution in [-0.2, 0) is 4.79 Å². The summed E-state index contributed by atoms with van der Waals surface area (Å²) in [5, 5.41) is 11.2. The average Bonchev–Trinajstić information content (AvgIpc) is 1.35. The van der Waals surface area contributed by atoms with Crippen LogP contribution in [0.5, 0.6) is 0 Å². The van der Waals surface area contributed by atoms with E-state index in [1.165, 1.54) is 6.92 Å². The van der Waals surface area contributed by atoms with E-state index in [2.05, 4.69) is 5.32 Å². The summed E-state index contributed by atoms with van der Waals surface area (Å²) in [6, 6.07) is 0. The van der Waals surface area contributed by atoms with Crippen molar-refractivity contribution in [2.24, 2.45) is 0 Å². The number of aliphatic hydroxyl groups excluding tert-OH is 1. The zero-order valence-corrected chi connectivity index (χ0v) is 3.46. The highest BCUT2D eigenvalue weighted by atomic mass is 16.3. The maximum Gasteiger partial charge on any atom is 0.230 e. The molecule has 6 heavy (non-hydrogen) atoms. The zero-order chi connectivity index (χ0) is 4.99. The van der Waals surface area contributed by atoms with Crippen molar-refractivity contribution >= 4 is 6.41 Å². The highest BCUT2D eigenvalue weighted by Crippen LogP contribution is 1.64. The Hall–Kier alpha value is -0.570. The summed E-state index contributed by atoms with van der Waals surface area (Å²) in [6.45, 7) is 1.41. The van der Waals surface area contributed by atoms with Crippen LogP contribution in [0.1, 0.15) is 6.92 Å². The molecule has 0 saturated carbocycles. The second kappa shape index (κ2) is 2.66. The van der Waals surface area contributed by atoms with Crippen LogP contribution in [0.25, 0.3) is 0 Å². The van der Waals surface area contributed by atoms with E-state index in [1.54, 1.807) is 0 Å². The van der Waals surface area contributed by atoms with Crippen molar-refractivity contribution < 1.29 is 9.90 Å². The fraction of sp³-hybridized carbons (Fsp3) is 0.667. The molecule has 0 spiro atoms. The SMILES string of the molecule is CC(O)[N]C=O. The van der Waals surface area contributed by atoms with E-state index in [1.807, 2.05) is 0 Å². The molecule has 0 aromatic heterocycles. The predicted molar refractivity (Wildman–Crippen MR) is 19.9 cm³/mol. The molecule has 0 aliphatic heterocycles. The van der Waals surface area contributed by atoms with Gasteiger partial charge in [-0.05, 0) is 6.92 Å². The van der Waals surface area contributed by atoms with Crippen LogP contribution in [0.2, 0.25) is 0 Å². The summed E-state index contributed by atoms with van der Waals surface area (Å²) >= 11 is 0. The van der Waals surface area contributed by atoms with E-state index in [9.17, 15) is 4.79 Å². The summed E-state index contributed by atoms with van der Waals surface area (Å²) in [6.07, 6.45) is -0.521. The number of carbonyl (C=O) groups excluding carboxylic acids is 1. The molecule has 0 aromatic carbocycles. The minimum absolute atomic E-state index is 0.324. The van der Waals surface area contributed by atoms with Gasteiger partial charge in [0.25, 0.3) is 0 Å². The van der Waals surface area contributed by atoms with Gasteiger partial charge >= 0.3 is 0 Å². The first-order valence-corrected chi connectivity index (χ1v) is 1.59. The van der Waals surface area contributed by atoms with Crippen LogP contribution in [0.4, 0.5) is 0 Å². The van der Waals surface area contributed by atoms with E-state index in [0.717, 1.165) is 0 Å². The van der Waals surface area contributed by atoms with Gasteiger partial charge in [0.2, 0.25) is 6.41 Å². The quantitative estimate of drug-likeness (QED) is 0.444. The molecule has 3 nitrogen and oxygen atoms in total. The van der Waals surface area contributed by atoms with E-state index in [-0.39, 0.29) is 0 Å². The largest absolute Gasteiger partial charge is 0.372 e. The molecule has 0 saturated heterocycles. The number of hydrogen-bond donors (Lipinski definition) is 1. The van der Waals surface area contributed by atoms with Crippen molar-refractivity contribution in [2.75, 3.05) is 0 Å². The molecule has 0 rings (SSSR count). The topological polar surface area (TPSA) is 51.4 Å². The molecular weight excluding hydrogens is 82.0 g/mol. The Balaban J connectivity index is 2.81. The Morgan fingerprint density at radius 1 is 2.00 bits per heavy atom. The Labute approximate surface area is 36.0 Å². The Kier molecular flexibility index (Phi) is 2.40. The van der Waals surface area contributed by atoms with E-state index < -0.39 is 6.23 Å². The van der Waals surface area contributed by atoms with E-state index in [4.69, 9.17) is 5.11 Å². The molecule has 3 heteroatoms. The fourth-order valence-electron chi connectivity index (χ4n) is 0.0881. The Morgan fingerprint density at radius 3 is 2.50 bits per heavy atom. The summed E-state index contributed by atoms with van der Waals surface area (Å²) in [5.74, 6) is 0. The van der Waals surface area contributed by atoms with Crippen LogP contribution in [-0.4, -0.2) is 17.7 Å². The van der Waals surface area contributed by atoms with Crippen LogP contribution in [0.3, 0.4) is 0 Å². The minimum Gasteiger partial charge on any atom is -0.372 e. The number of aliphatic hydroxyl groups is 1. The van der Waals surface area contributed by atoms with Crippen molar-refractivity contribution in [3.05, 3.63) is 0 Å². The van der Waals surface area contributed by atoms with Gasteiger partial charge in [0.15, 0.2) is 0 Å². The molecule has 1 amide bonds.